The van der Waals surface area contributed by atoms with Crippen molar-refractivity contribution in [1.82, 2.24) is 39.0 Å². The average molecular weight is 1030 g/mol. The lowest BCUT2D eigenvalue weighted by atomic mass is 9.99. The molecular weight excluding hydrogens is 955 g/mol. The Morgan fingerprint density at radius 3 is 2.36 bits per heavy atom. The van der Waals surface area contributed by atoms with E-state index in [9.17, 15) is 5.11 Å². The zero-order chi connectivity index (χ0) is 52.4. The lowest BCUT2D eigenvalue weighted by Crippen LogP contribution is -2.40. The number of para-hydroxylation sites is 1. The van der Waals surface area contributed by atoms with Gasteiger partial charge in [0.2, 0.25) is 11.8 Å². The quantitative estimate of drug-likeness (QED) is 0.0259. The van der Waals surface area contributed by atoms with Crippen LogP contribution in [0.2, 0.25) is 0 Å². The van der Waals surface area contributed by atoms with Crippen molar-refractivity contribution in [1.29, 1.82) is 0 Å². The van der Waals surface area contributed by atoms with Crippen LogP contribution in [0.15, 0.2) is 85.5 Å². The van der Waals surface area contributed by atoms with Crippen LogP contribution in [-0.2, 0) is 39.0 Å². The number of ether oxygens (including phenoxy) is 6. The van der Waals surface area contributed by atoms with Gasteiger partial charge in [0.25, 0.3) is 0 Å². The number of likely N-dealkylation sites (N-methyl/N-ethyl adjacent to an activating group) is 2. The van der Waals surface area contributed by atoms with E-state index in [0.717, 1.165) is 108 Å². The van der Waals surface area contributed by atoms with Crippen LogP contribution in [0.5, 0.6) is 11.6 Å². The van der Waals surface area contributed by atoms with E-state index in [0.29, 0.717) is 95.0 Å². The number of aliphatic hydroxyl groups is 1. The summed E-state index contributed by atoms with van der Waals surface area (Å²) >= 11 is 0. The first-order chi connectivity index (χ1) is 36.7. The smallest absolute Gasteiger partial charge is 0.227 e. The number of methoxy groups -OCH3 is 1. The molecule has 8 rings (SSSR count). The van der Waals surface area contributed by atoms with Crippen molar-refractivity contribution in [3.05, 3.63) is 96.6 Å². The third-order valence-electron chi connectivity index (χ3n) is 13.4. The summed E-state index contributed by atoms with van der Waals surface area (Å²) in [5.41, 5.74) is 14.7. The molecule has 7 aromatic rings. The van der Waals surface area contributed by atoms with E-state index < -0.39 is 0 Å². The van der Waals surface area contributed by atoms with Crippen molar-refractivity contribution >= 4 is 51.2 Å². The van der Waals surface area contributed by atoms with Crippen molar-refractivity contribution in [3.63, 3.8) is 0 Å². The third-order valence-corrected chi connectivity index (χ3v) is 13.4. The predicted octanol–water partition coefficient (Wildman–Crippen LogP) is 6.84. The first-order valence-electron chi connectivity index (χ1n) is 26.1. The maximum absolute atomic E-state index is 9.71. The Morgan fingerprint density at radius 2 is 1.61 bits per heavy atom. The van der Waals surface area contributed by atoms with Gasteiger partial charge in [-0.25, -0.2) is 19.9 Å². The molecule has 0 spiro atoms. The van der Waals surface area contributed by atoms with E-state index in [-0.39, 0.29) is 12.6 Å². The van der Waals surface area contributed by atoms with E-state index in [1.807, 2.05) is 73.5 Å². The van der Waals surface area contributed by atoms with Gasteiger partial charge in [0.15, 0.2) is 5.65 Å². The van der Waals surface area contributed by atoms with E-state index in [2.05, 4.69) is 83.3 Å². The molecule has 0 unspecified atom stereocenters. The average Bonchev–Trinajstić information content (AvgIpc) is 4.03. The van der Waals surface area contributed by atoms with Crippen LogP contribution in [0.4, 0.5) is 34.6 Å². The molecule has 0 saturated carbocycles. The number of nitrogens with zero attached hydrogens (tertiary/aromatic N) is 10. The Labute approximate surface area is 440 Å². The number of fused-ring (bicyclic) bond motifs is 2. The number of aromatic nitrogens is 7. The van der Waals surface area contributed by atoms with Gasteiger partial charge in [-0.15, -0.1) is 0 Å². The highest BCUT2D eigenvalue weighted by Gasteiger charge is 2.25. The van der Waals surface area contributed by atoms with Crippen molar-refractivity contribution < 1.29 is 33.5 Å². The molecule has 1 atom stereocenters. The maximum Gasteiger partial charge on any atom is 0.227 e. The second-order valence-electron chi connectivity index (χ2n) is 18.7. The summed E-state index contributed by atoms with van der Waals surface area (Å²) in [6.07, 6.45) is 12.5. The maximum atomic E-state index is 9.71. The number of aryl methyl sites for hydroxylation is 2. The summed E-state index contributed by atoms with van der Waals surface area (Å²) in [5, 5.41) is 22.4. The number of rotatable bonds is 31. The van der Waals surface area contributed by atoms with E-state index >= 15 is 0 Å². The van der Waals surface area contributed by atoms with Gasteiger partial charge in [0.05, 0.1) is 88.9 Å². The molecule has 0 amide bonds. The highest BCUT2D eigenvalue weighted by Crippen LogP contribution is 2.37. The molecular formula is C55H75N13O7. The van der Waals surface area contributed by atoms with Gasteiger partial charge in [-0.05, 0) is 62.9 Å². The van der Waals surface area contributed by atoms with Crippen LogP contribution in [-0.4, -0.2) is 164 Å². The predicted molar refractivity (Wildman–Crippen MR) is 295 cm³/mol. The second kappa shape index (κ2) is 27.6. The SMILES string of the molecule is CCc1cnn2c(NCc3ccc(OCCOCCOCCOCCOCCN(C)CCN(C)c4cc(OC)c(Nc5nccc(-c6cn(C)c7ccccc67)n5)cc4N)nc3)cc(N3CCCC[C@H]3CCO)nc12. The number of nitrogens with two attached hydrogens (primary N) is 1. The summed E-state index contributed by atoms with van der Waals surface area (Å²) in [7, 11) is 7.77. The fourth-order valence-corrected chi connectivity index (χ4v) is 9.22. The van der Waals surface area contributed by atoms with Crippen molar-refractivity contribution in [2.24, 2.45) is 7.05 Å². The monoisotopic (exact) mass is 1030 g/mol. The fraction of sp³-hybridized carbons (Fsp3) is 0.473. The summed E-state index contributed by atoms with van der Waals surface area (Å²) in [6, 6.07) is 20.2. The Bertz CT molecular complexity index is 2860. The molecule has 20 nitrogen and oxygen atoms in total. The van der Waals surface area contributed by atoms with Crippen LogP contribution < -0.4 is 35.6 Å². The number of hydrogen-bond acceptors (Lipinski definition) is 18. The summed E-state index contributed by atoms with van der Waals surface area (Å²) in [4.78, 5) is 25.5. The first kappa shape index (κ1) is 54.5. The summed E-state index contributed by atoms with van der Waals surface area (Å²) in [6.45, 7) is 10.4. The molecule has 1 fully saturated rings. The highest BCUT2D eigenvalue weighted by atomic mass is 16.6. The largest absolute Gasteiger partial charge is 0.494 e. The molecule has 2 aromatic carbocycles. The van der Waals surface area contributed by atoms with Gasteiger partial charge in [0.1, 0.15) is 24.0 Å². The van der Waals surface area contributed by atoms with Gasteiger partial charge in [-0.2, -0.15) is 9.61 Å². The zero-order valence-corrected chi connectivity index (χ0v) is 44.2. The Kier molecular flexibility index (Phi) is 20.1. The molecule has 0 aliphatic carbocycles. The number of pyridine rings is 1. The number of benzene rings is 2. The molecule has 5 aromatic heterocycles. The lowest BCUT2D eigenvalue weighted by molar-refractivity contribution is -0.00597. The molecule has 75 heavy (non-hydrogen) atoms. The van der Waals surface area contributed by atoms with Crippen molar-refractivity contribution in [3.8, 4) is 22.9 Å². The zero-order valence-electron chi connectivity index (χ0n) is 44.2. The molecule has 1 aliphatic heterocycles. The Hall–Kier alpha value is -6.81. The fourth-order valence-electron chi connectivity index (χ4n) is 9.22. The molecule has 0 bridgehead atoms. The number of anilines is 6. The number of nitrogens with one attached hydrogen (secondary N) is 2. The standard InChI is InChI=1S/C55H75N13O7/c1-6-41-38-60-68-51(35-52(63-54(41)68)67-19-10-9-11-42(67)17-23-69)58-36-40-14-15-53(59-37-40)75-32-31-74-30-29-73-28-27-72-26-25-71-24-22-64(2)20-21-65(3)49-34-50(70-5)47(33-45(49)56)62-55-57-18-16-46(61-55)44-39-66(4)48-13-8-7-12-43(44)48/h7-8,12-16,18,33-35,37-39,42,58,69H,6,9-11,17,19-32,36,56H2,1-5H3,(H,57,61,62)/t42-/m0/s1. The minimum absolute atomic E-state index is 0.171. The van der Waals surface area contributed by atoms with Crippen LogP contribution >= 0.6 is 0 Å². The second-order valence-corrected chi connectivity index (χ2v) is 18.7. The van der Waals surface area contributed by atoms with E-state index in [4.69, 9.17) is 44.1 Å². The van der Waals surface area contributed by atoms with Crippen LogP contribution in [0.1, 0.15) is 43.7 Å². The normalized spacial score (nSPS) is 13.8. The van der Waals surface area contributed by atoms with Gasteiger partial charge in [-0.3, -0.25) is 0 Å². The molecule has 1 saturated heterocycles. The van der Waals surface area contributed by atoms with Crippen LogP contribution in [0.25, 0.3) is 27.8 Å². The summed E-state index contributed by atoms with van der Waals surface area (Å²) in [5.74, 6) is 3.41. The lowest BCUT2D eigenvalue weighted by Gasteiger charge is -2.36. The Morgan fingerprint density at radius 1 is 0.840 bits per heavy atom. The topological polar surface area (TPSA) is 209 Å². The number of hydrogen-bond donors (Lipinski definition) is 4. The van der Waals surface area contributed by atoms with E-state index in [1.54, 1.807) is 13.3 Å². The van der Waals surface area contributed by atoms with E-state index in [1.165, 1.54) is 6.42 Å². The number of aliphatic hydroxyl groups excluding tert-OH is 1. The minimum Gasteiger partial charge on any atom is -0.494 e. The first-order valence-corrected chi connectivity index (χ1v) is 26.1. The van der Waals surface area contributed by atoms with Crippen molar-refractivity contribution in [2.45, 2.75) is 51.6 Å². The molecule has 5 N–H and O–H groups in total. The van der Waals surface area contributed by atoms with Gasteiger partial charge < -0.3 is 69.2 Å². The minimum atomic E-state index is 0.171. The van der Waals surface area contributed by atoms with Crippen LogP contribution in [0.3, 0.4) is 0 Å². The van der Waals surface area contributed by atoms with Crippen molar-refractivity contribution in [2.75, 3.05) is 140 Å². The van der Waals surface area contributed by atoms with Gasteiger partial charge in [0, 0.05) is 118 Å². The summed E-state index contributed by atoms with van der Waals surface area (Å²) < 4.78 is 38.4. The Balaban J connectivity index is 0.642. The number of nitrogen functional groups attached to an aromatic ring is 1. The third kappa shape index (κ3) is 14.7. The highest BCUT2D eigenvalue weighted by molar-refractivity contribution is 5.95. The van der Waals surface area contributed by atoms with Gasteiger partial charge in [-0.1, -0.05) is 31.2 Å². The molecule has 402 valence electrons. The molecule has 6 heterocycles. The molecule has 20 heteroatoms. The number of piperidine rings is 1. The molecule has 0 radical (unpaired) electrons. The van der Waals surface area contributed by atoms with Crippen LogP contribution in [0, 0.1) is 0 Å². The molecule has 1 aliphatic rings. The van der Waals surface area contributed by atoms with Gasteiger partial charge >= 0.3 is 0 Å².